The molecule has 1 aliphatic rings. The Morgan fingerprint density at radius 3 is 2.64 bits per heavy atom. The smallest absolute Gasteiger partial charge is 0.220 e. The lowest BCUT2D eigenvalue weighted by atomic mass is 9.87. The van der Waals surface area contributed by atoms with Crippen LogP contribution in [0.4, 0.5) is 0 Å². The molecule has 1 saturated carbocycles. The van der Waals surface area contributed by atoms with Crippen LogP contribution >= 0.6 is 0 Å². The summed E-state index contributed by atoms with van der Waals surface area (Å²) in [5, 5.41) is 13.7. The molecular weight excluding hydrogens is 316 g/mol. The van der Waals surface area contributed by atoms with Crippen molar-refractivity contribution >= 4 is 11.9 Å². The van der Waals surface area contributed by atoms with E-state index in [4.69, 9.17) is 0 Å². The van der Waals surface area contributed by atoms with Crippen LogP contribution in [0, 0.1) is 5.92 Å². The predicted molar refractivity (Wildman–Crippen MR) is 100 cm³/mol. The Labute approximate surface area is 150 Å². The van der Waals surface area contributed by atoms with Gasteiger partial charge in [-0.3, -0.25) is 14.5 Å². The molecule has 140 valence electrons. The number of nitrogens with zero attached hydrogens (tertiary/aromatic N) is 3. The summed E-state index contributed by atoms with van der Waals surface area (Å²) >= 11 is 0. The SMILES string of the molecule is CN=C(NCCCn1cccn1)NCCNC(=O)CC1CCCCC1. The Bertz CT molecular complexity index is 508. The summed E-state index contributed by atoms with van der Waals surface area (Å²) in [5.41, 5.74) is 0. The number of carbonyl (C=O) groups is 1. The molecule has 1 aromatic rings. The molecule has 1 aliphatic carbocycles. The fourth-order valence-electron chi connectivity index (χ4n) is 3.21. The Kier molecular flexibility index (Phi) is 8.86. The fourth-order valence-corrected chi connectivity index (χ4v) is 3.21. The van der Waals surface area contributed by atoms with Gasteiger partial charge in [0.1, 0.15) is 0 Å². The number of aliphatic imine (C=N–C) groups is 1. The van der Waals surface area contributed by atoms with Crippen molar-refractivity contribution < 1.29 is 4.79 Å². The molecule has 3 N–H and O–H groups in total. The average Bonchev–Trinajstić information content (AvgIpc) is 3.14. The molecule has 7 heteroatoms. The second kappa shape index (κ2) is 11.5. The van der Waals surface area contributed by atoms with Crippen LogP contribution in [0.5, 0.6) is 0 Å². The van der Waals surface area contributed by atoms with Crippen molar-refractivity contribution in [1.82, 2.24) is 25.7 Å². The van der Waals surface area contributed by atoms with Crippen LogP contribution < -0.4 is 16.0 Å². The molecule has 0 bridgehead atoms. The largest absolute Gasteiger partial charge is 0.356 e. The summed E-state index contributed by atoms with van der Waals surface area (Å²) in [6.07, 6.45) is 11.7. The highest BCUT2D eigenvalue weighted by Crippen LogP contribution is 2.25. The summed E-state index contributed by atoms with van der Waals surface area (Å²) in [4.78, 5) is 16.1. The zero-order valence-corrected chi connectivity index (χ0v) is 15.3. The van der Waals surface area contributed by atoms with Crippen LogP contribution in [0.3, 0.4) is 0 Å². The van der Waals surface area contributed by atoms with Crippen molar-refractivity contribution in [2.75, 3.05) is 26.7 Å². The molecule has 0 spiro atoms. The zero-order valence-electron chi connectivity index (χ0n) is 15.3. The number of nitrogens with one attached hydrogen (secondary N) is 3. The first kappa shape index (κ1) is 19.3. The summed E-state index contributed by atoms with van der Waals surface area (Å²) in [7, 11) is 1.75. The first-order chi connectivity index (χ1) is 12.3. The van der Waals surface area contributed by atoms with E-state index < -0.39 is 0 Å². The Morgan fingerprint density at radius 2 is 1.92 bits per heavy atom. The number of hydrogen-bond donors (Lipinski definition) is 3. The van der Waals surface area contributed by atoms with Gasteiger partial charge in [0, 0.05) is 52.0 Å². The van der Waals surface area contributed by atoms with Crippen LogP contribution in [0.15, 0.2) is 23.5 Å². The second-order valence-corrected chi connectivity index (χ2v) is 6.61. The number of amides is 1. The van der Waals surface area contributed by atoms with Gasteiger partial charge in [0.2, 0.25) is 5.91 Å². The molecule has 1 aromatic heterocycles. The van der Waals surface area contributed by atoms with Crippen molar-refractivity contribution in [3.8, 4) is 0 Å². The van der Waals surface area contributed by atoms with Crippen LogP contribution in [0.2, 0.25) is 0 Å². The number of carbonyl (C=O) groups excluding carboxylic acids is 1. The van der Waals surface area contributed by atoms with E-state index in [1.54, 1.807) is 13.2 Å². The summed E-state index contributed by atoms with van der Waals surface area (Å²) in [6.45, 7) is 3.01. The summed E-state index contributed by atoms with van der Waals surface area (Å²) in [5.74, 6) is 1.53. The minimum absolute atomic E-state index is 0.177. The number of aryl methyl sites for hydroxylation is 1. The lowest BCUT2D eigenvalue weighted by Crippen LogP contribution is -2.42. The number of rotatable bonds is 9. The first-order valence-corrected chi connectivity index (χ1v) is 9.46. The molecule has 7 nitrogen and oxygen atoms in total. The lowest BCUT2D eigenvalue weighted by Gasteiger charge is -2.20. The van der Waals surface area contributed by atoms with Gasteiger partial charge in [-0.1, -0.05) is 19.3 Å². The van der Waals surface area contributed by atoms with Gasteiger partial charge in [0.25, 0.3) is 0 Å². The molecule has 0 atom stereocenters. The molecule has 0 saturated heterocycles. The highest BCUT2D eigenvalue weighted by Gasteiger charge is 2.16. The van der Waals surface area contributed by atoms with Gasteiger partial charge < -0.3 is 16.0 Å². The van der Waals surface area contributed by atoms with Gasteiger partial charge in [-0.2, -0.15) is 5.10 Å². The molecule has 25 heavy (non-hydrogen) atoms. The molecule has 1 heterocycles. The first-order valence-electron chi connectivity index (χ1n) is 9.46. The molecule has 2 rings (SSSR count). The fraction of sp³-hybridized carbons (Fsp3) is 0.722. The van der Waals surface area contributed by atoms with E-state index in [9.17, 15) is 4.79 Å². The predicted octanol–water partition coefficient (Wildman–Crippen LogP) is 1.52. The quantitative estimate of drug-likeness (QED) is 0.359. The Balaban J connectivity index is 1.49. The van der Waals surface area contributed by atoms with Crippen LogP contribution in [0.25, 0.3) is 0 Å². The van der Waals surface area contributed by atoms with Gasteiger partial charge >= 0.3 is 0 Å². The van der Waals surface area contributed by atoms with Gasteiger partial charge in [-0.15, -0.1) is 0 Å². The zero-order chi connectivity index (χ0) is 17.7. The maximum atomic E-state index is 12.0. The van der Waals surface area contributed by atoms with E-state index in [1.807, 2.05) is 16.9 Å². The van der Waals surface area contributed by atoms with Gasteiger partial charge in [-0.05, 0) is 31.2 Å². The maximum absolute atomic E-state index is 12.0. The standard InChI is InChI=1S/C18H32N6O/c1-19-18(21-9-5-13-24-14-6-10-23-24)22-12-11-20-17(25)15-16-7-3-2-4-8-16/h6,10,14,16H,2-5,7-9,11-13,15H2,1H3,(H,20,25)(H2,19,21,22). The van der Waals surface area contributed by atoms with Crippen LogP contribution in [-0.4, -0.2) is 48.3 Å². The molecule has 0 aliphatic heterocycles. The van der Waals surface area contributed by atoms with Crippen LogP contribution in [0.1, 0.15) is 44.9 Å². The maximum Gasteiger partial charge on any atom is 0.220 e. The van der Waals surface area contributed by atoms with E-state index in [-0.39, 0.29) is 5.91 Å². The third-order valence-corrected chi connectivity index (χ3v) is 4.58. The Hall–Kier alpha value is -2.05. The van der Waals surface area contributed by atoms with Gasteiger partial charge in [-0.25, -0.2) is 0 Å². The Morgan fingerprint density at radius 1 is 1.16 bits per heavy atom. The van der Waals surface area contributed by atoms with Gasteiger partial charge in [0.15, 0.2) is 5.96 Å². The second-order valence-electron chi connectivity index (χ2n) is 6.61. The molecule has 1 fully saturated rings. The third-order valence-electron chi connectivity index (χ3n) is 4.58. The highest BCUT2D eigenvalue weighted by molar-refractivity contribution is 5.79. The van der Waals surface area contributed by atoms with Crippen molar-refractivity contribution in [2.24, 2.45) is 10.9 Å². The van der Waals surface area contributed by atoms with Crippen molar-refractivity contribution in [3.63, 3.8) is 0 Å². The molecule has 0 radical (unpaired) electrons. The van der Waals surface area contributed by atoms with E-state index in [0.717, 1.165) is 25.5 Å². The van der Waals surface area contributed by atoms with E-state index in [2.05, 4.69) is 26.0 Å². The van der Waals surface area contributed by atoms with Crippen molar-refractivity contribution in [1.29, 1.82) is 0 Å². The average molecular weight is 348 g/mol. The topological polar surface area (TPSA) is 83.3 Å². The third kappa shape index (κ3) is 8.05. The van der Waals surface area contributed by atoms with Crippen molar-refractivity contribution in [2.45, 2.75) is 51.5 Å². The minimum Gasteiger partial charge on any atom is -0.356 e. The number of aromatic nitrogens is 2. The molecular formula is C18H32N6O. The lowest BCUT2D eigenvalue weighted by molar-refractivity contribution is -0.122. The highest BCUT2D eigenvalue weighted by atomic mass is 16.1. The monoisotopic (exact) mass is 348 g/mol. The van der Waals surface area contributed by atoms with Crippen LogP contribution in [-0.2, 0) is 11.3 Å². The van der Waals surface area contributed by atoms with E-state index >= 15 is 0 Å². The minimum atomic E-state index is 0.177. The van der Waals surface area contributed by atoms with Gasteiger partial charge in [0.05, 0.1) is 0 Å². The number of guanidine groups is 1. The van der Waals surface area contributed by atoms with E-state index in [1.165, 1.54) is 32.1 Å². The number of hydrogen-bond acceptors (Lipinski definition) is 3. The molecule has 0 unspecified atom stereocenters. The van der Waals surface area contributed by atoms with E-state index in [0.29, 0.717) is 25.4 Å². The molecule has 1 amide bonds. The summed E-state index contributed by atoms with van der Waals surface area (Å²) in [6, 6.07) is 1.93. The van der Waals surface area contributed by atoms with Crippen molar-refractivity contribution in [3.05, 3.63) is 18.5 Å². The molecule has 0 aromatic carbocycles. The normalized spacial score (nSPS) is 15.8. The summed E-state index contributed by atoms with van der Waals surface area (Å²) < 4.78 is 1.92.